The Morgan fingerprint density at radius 2 is 2.36 bits per heavy atom. The fourth-order valence-electron chi connectivity index (χ4n) is 1.38. The van der Waals surface area contributed by atoms with Gasteiger partial charge in [-0.2, -0.15) is 0 Å². The van der Waals surface area contributed by atoms with E-state index in [1.165, 1.54) is 12.7 Å². The van der Waals surface area contributed by atoms with E-state index in [4.69, 9.17) is 4.42 Å². The van der Waals surface area contributed by atoms with Crippen molar-refractivity contribution in [1.82, 2.24) is 0 Å². The molecule has 1 unspecified atom stereocenters. The fourth-order valence-corrected chi connectivity index (χ4v) is 1.38. The van der Waals surface area contributed by atoms with Gasteiger partial charge in [-0.25, -0.2) is 0 Å². The number of hydrogen-bond acceptors (Lipinski definition) is 2. The molecule has 0 fully saturated rings. The predicted octanol–water partition coefficient (Wildman–Crippen LogP) is 3.68. The molecular weight excluding hydrogens is 176 g/mol. The molecular formula is C12H18O2. The highest BCUT2D eigenvalue weighted by molar-refractivity contribution is 5.95. The fraction of sp³-hybridized carbons (Fsp3) is 0.583. The SMILES string of the molecule is CCC(C)CCCC(=O)c1ccoc1. The molecule has 0 aliphatic rings. The van der Waals surface area contributed by atoms with Gasteiger partial charge in [0.05, 0.1) is 11.8 Å². The first-order valence-corrected chi connectivity index (χ1v) is 5.29. The van der Waals surface area contributed by atoms with Gasteiger partial charge in [-0.1, -0.05) is 26.7 Å². The maximum Gasteiger partial charge on any atom is 0.166 e. The van der Waals surface area contributed by atoms with Crippen LogP contribution in [0.15, 0.2) is 23.0 Å². The van der Waals surface area contributed by atoms with Gasteiger partial charge < -0.3 is 4.42 Å². The van der Waals surface area contributed by atoms with Crippen LogP contribution in [-0.4, -0.2) is 5.78 Å². The van der Waals surface area contributed by atoms with Gasteiger partial charge in [0.2, 0.25) is 0 Å². The molecule has 2 nitrogen and oxygen atoms in total. The summed E-state index contributed by atoms with van der Waals surface area (Å²) in [5.41, 5.74) is 0.703. The number of rotatable bonds is 6. The first kappa shape index (κ1) is 11.0. The first-order chi connectivity index (χ1) is 6.74. The number of hydrogen-bond donors (Lipinski definition) is 0. The van der Waals surface area contributed by atoms with Crippen molar-refractivity contribution in [2.75, 3.05) is 0 Å². The number of furan rings is 1. The van der Waals surface area contributed by atoms with Gasteiger partial charge in [0.25, 0.3) is 0 Å². The topological polar surface area (TPSA) is 30.2 Å². The van der Waals surface area contributed by atoms with E-state index < -0.39 is 0 Å². The molecule has 1 aromatic heterocycles. The number of Topliss-reactive ketones (excluding diaryl/α,β-unsaturated/α-hetero) is 1. The maximum atomic E-state index is 11.5. The van der Waals surface area contributed by atoms with Crippen LogP contribution < -0.4 is 0 Å². The Balaban J connectivity index is 2.23. The molecule has 0 bridgehead atoms. The average molecular weight is 194 g/mol. The van der Waals surface area contributed by atoms with Crippen LogP contribution in [0, 0.1) is 5.92 Å². The van der Waals surface area contributed by atoms with E-state index >= 15 is 0 Å². The van der Waals surface area contributed by atoms with E-state index in [1.54, 1.807) is 12.3 Å². The minimum atomic E-state index is 0.196. The van der Waals surface area contributed by atoms with Gasteiger partial charge in [0.15, 0.2) is 5.78 Å². The van der Waals surface area contributed by atoms with Crippen LogP contribution in [0.25, 0.3) is 0 Å². The Hall–Kier alpha value is -1.05. The monoisotopic (exact) mass is 194 g/mol. The van der Waals surface area contributed by atoms with Crippen molar-refractivity contribution in [2.24, 2.45) is 5.92 Å². The molecule has 14 heavy (non-hydrogen) atoms. The van der Waals surface area contributed by atoms with Crippen molar-refractivity contribution in [3.05, 3.63) is 24.2 Å². The largest absolute Gasteiger partial charge is 0.472 e. The van der Waals surface area contributed by atoms with Crippen molar-refractivity contribution in [3.8, 4) is 0 Å². The lowest BCUT2D eigenvalue weighted by molar-refractivity contribution is 0.0977. The third-order valence-corrected chi connectivity index (χ3v) is 2.64. The van der Waals surface area contributed by atoms with Crippen LogP contribution in [0.5, 0.6) is 0 Å². The third-order valence-electron chi connectivity index (χ3n) is 2.64. The van der Waals surface area contributed by atoms with E-state index in [9.17, 15) is 4.79 Å². The lowest BCUT2D eigenvalue weighted by atomic mass is 9.99. The summed E-state index contributed by atoms with van der Waals surface area (Å²) < 4.78 is 4.86. The summed E-state index contributed by atoms with van der Waals surface area (Å²) in [4.78, 5) is 11.5. The van der Waals surface area contributed by atoms with E-state index in [0.29, 0.717) is 12.0 Å². The first-order valence-electron chi connectivity index (χ1n) is 5.29. The maximum absolute atomic E-state index is 11.5. The standard InChI is InChI=1S/C12H18O2/c1-3-10(2)5-4-6-12(13)11-7-8-14-9-11/h7-10H,3-6H2,1-2H3. The summed E-state index contributed by atoms with van der Waals surface area (Å²) >= 11 is 0. The molecule has 0 saturated carbocycles. The molecule has 1 aromatic rings. The van der Waals surface area contributed by atoms with Gasteiger partial charge in [-0.3, -0.25) is 4.79 Å². The Morgan fingerprint density at radius 1 is 1.57 bits per heavy atom. The molecule has 1 rings (SSSR count). The summed E-state index contributed by atoms with van der Waals surface area (Å²) in [5.74, 6) is 0.925. The molecule has 0 saturated heterocycles. The Kier molecular flexibility index (Phi) is 4.44. The second-order valence-corrected chi connectivity index (χ2v) is 3.84. The minimum Gasteiger partial charge on any atom is -0.472 e. The normalized spacial score (nSPS) is 12.7. The number of ketones is 1. The summed E-state index contributed by atoms with van der Waals surface area (Å²) in [6.07, 6.45) is 7.02. The summed E-state index contributed by atoms with van der Waals surface area (Å²) in [6.45, 7) is 4.41. The van der Waals surface area contributed by atoms with Crippen LogP contribution in [0.3, 0.4) is 0 Å². The quantitative estimate of drug-likeness (QED) is 0.647. The average Bonchev–Trinajstić information content (AvgIpc) is 2.70. The van der Waals surface area contributed by atoms with Crippen molar-refractivity contribution in [2.45, 2.75) is 39.5 Å². The van der Waals surface area contributed by atoms with E-state index in [-0.39, 0.29) is 5.78 Å². The lowest BCUT2D eigenvalue weighted by Crippen LogP contribution is -1.99. The van der Waals surface area contributed by atoms with E-state index in [2.05, 4.69) is 13.8 Å². The summed E-state index contributed by atoms with van der Waals surface area (Å²) in [6, 6.07) is 1.73. The van der Waals surface area contributed by atoms with Crippen molar-refractivity contribution in [3.63, 3.8) is 0 Å². The van der Waals surface area contributed by atoms with Crippen molar-refractivity contribution < 1.29 is 9.21 Å². The highest BCUT2D eigenvalue weighted by atomic mass is 16.3. The summed E-state index contributed by atoms with van der Waals surface area (Å²) in [5, 5.41) is 0. The second kappa shape index (κ2) is 5.63. The zero-order chi connectivity index (χ0) is 10.4. The van der Waals surface area contributed by atoms with Gasteiger partial charge in [0.1, 0.15) is 6.26 Å². The van der Waals surface area contributed by atoms with Gasteiger partial charge in [-0.15, -0.1) is 0 Å². The van der Waals surface area contributed by atoms with Crippen LogP contribution in [-0.2, 0) is 0 Å². The summed E-state index contributed by atoms with van der Waals surface area (Å²) in [7, 11) is 0. The molecule has 0 radical (unpaired) electrons. The zero-order valence-electron chi connectivity index (χ0n) is 8.95. The molecule has 0 N–H and O–H groups in total. The highest BCUT2D eigenvalue weighted by Crippen LogP contribution is 2.13. The van der Waals surface area contributed by atoms with Crippen LogP contribution in [0.4, 0.5) is 0 Å². The molecule has 2 heteroatoms. The number of carbonyl (C=O) groups is 1. The highest BCUT2D eigenvalue weighted by Gasteiger charge is 2.07. The molecule has 1 atom stereocenters. The number of carbonyl (C=O) groups excluding carboxylic acids is 1. The van der Waals surface area contributed by atoms with E-state index in [0.717, 1.165) is 18.8 Å². The van der Waals surface area contributed by atoms with Crippen molar-refractivity contribution >= 4 is 5.78 Å². The smallest absolute Gasteiger partial charge is 0.166 e. The molecule has 0 aliphatic heterocycles. The second-order valence-electron chi connectivity index (χ2n) is 3.84. The van der Waals surface area contributed by atoms with Crippen LogP contribution in [0.2, 0.25) is 0 Å². The Bertz CT molecular complexity index is 262. The molecule has 0 aromatic carbocycles. The molecule has 0 aliphatic carbocycles. The van der Waals surface area contributed by atoms with Crippen LogP contribution >= 0.6 is 0 Å². The molecule has 1 heterocycles. The van der Waals surface area contributed by atoms with Gasteiger partial charge in [0, 0.05) is 6.42 Å². The zero-order valence-corrected chi connectivity index (χ0v) is 8.95. The van der Waals surface area contributed by atoms with Crippen LogP contribution in [0.1, 0.15) is 49.9 Å². The van der Waals surface area contributed by atoms with E-state index in [1.807, 2.05) is 0 Å². The van der Waals surface area contributed by atoms with Gasteiger partial charge in [-0.05, 0) is 18.4 Å². The molecule has 0 amide bonds. The van der Waals surface area contributed by atoms with Gasteiger partial charge >= 0.3 is 0 Å². The molecule has 0 spiro atoms. The molecule has 78 valence electrons. The lowest BCUT2D eigenvalue weighted by Gasteiger charge is -2.06. The van der Waals surface area contributed by atoms with Crippen molar-refractivity contribution in [1.29, 1.82) is 0 Å². The predicted molar refractivity (Wildman–Crippen MR) is 56.3 cm³/mol. The Morgan fingerprint density at radius 3 is 2.93 bits per heavy atom. The minimum absolute atomic E-state index is 0.196. The third kappa shape index (κ3) is 3.36. The Labute approximate surface area is 85.3 Å².